The Labute approximate surface area is 176 Å². The lowest BCUT2D eigenvalue weighted by molar-refractivity contribution is -0.134. The number of nitrogens with zero attached hydrogens (tertiary/aromatic N) is 3. The lowest BCUT2D eigenvalue weighted by atomic mass is 9.99. The maximum absolute atomic E-state index is 13.2. The molecule has 5 heterocycles. The summed E-state index contributed by atoms with van der Waals surface area (Å²) in [4.78, 5) is 50.8. The molecule has 0 radical (unpaired) electrons. The summed E-state index contributed by atoms with van der Waals surface area (Å²) >= 11 is 0. The summed E-state index contributed by atoms with van der Waals surface area (Å²) in [6, 6.07) is 8.79. The van der Waals surface area contributed by atoms with E-state index in [1.807, 2.05) is 30.5 Å². The highest BCUT2D eigenvalue weighted by atomic mass is 16.2. The van der Waals surface area contributed by atoms with Crippen molar-refractivity contribution >= 4 is 45.3 Å². The second-order valence-electron chi connectivity index (χ2n) is 7.87. The minimum absolute atomic E-state index is 0.201. The van der Waals surface area contributed by atoms with Crippen molar-refractivity contribution < 1.29 is 14.4 Å². The van der Waals surface area contributed by atoms with Crippen molar-refractivity contribution in [2.24, 2.45) is 0 Å². The van der Waals surface area contributed by atoms with Crippen LogP contribution >= 0.6 is 0 Å². The number of amides is 3. The monoisotopic (exact) mass is 411 g/mol. The van der Waals surface area contributed by atoms with Gasteiger partial charge in [0.1, 0.15) is 17.5 Å². The van der Waals surface area contributed by atoms with E-state index in [2.05, 4.69) is 20.3 Å². The van der Waals surface area contributed by atoms with Gasteiger partial charge in [-0.1, -0.05) is 12.1 Å². The van der Waals surface area contributed by atoms with Gasteiger partial charge in [0.05, 0.1) is 5.56 Å². The minimum Gasteiger partial charge on any atom is -0.346 e. The zero-order valence-electron chi connectivity index (χ0n) is 16.4. The number of hydrogen-bond donors (Lipinski definition) is 2. The molecule has 2 aliphatic heterocycles. The SMILES string of the molecule is O=C1CCC(N2C(=O)c3cccc4c(Cc5c[nH]c6ncccc56)cnc2c34)C(=O)N1. The van der Waals surface area contributed by atoms with Crippen molar-refractivity contribution in [3.05, 3.63) is 65.6 Å². The van der Waals surface area contributed by atoms with Crippen LogP contribution in [-0.4, -0.2) is 38.7 Å². The maximum Gasteiger partial charge on any atom is 0.260 e. The van der Waals surface area contributed by atoms with Crippen LogP contribution in [0.2, 0.25) is 0 Å². The summed E-state index contributed by atoms with van der Waals surface area (Å²) < 4.78 is 0. The van der Waals surface area contributed by atoms with Crippen LogP contribution < -0.4 is 10.2 Å². The Balaban J connectivity index is 1.46. The van der Waals surface area contributed by atoms with Gasteiger partial charge in [0.25, 0.3) is 5.91 Å². The van der Waals surface area contributed by atoms with Crippen molar-refractivity contribution in [2.75, 3.05) is 4.90 Å². The zero-order valence-corrected chi connectivity index (χ0v) is 16.4. The highest BCUT2D eigenvalue weighted by molar-refractivity contribution is 6.26. The fraction of sp³-hybridized carbons (Fsp3) is 0.174. The first-order valence-electron chi connectivity index (χ1n) is 10.1. The van der Waals surface area contributed by atoms with Gasteiger partial charge < -0.3 is 4.98 Å². The lowest BCUT2D eigenvalue weighted by Gasteiger charge is -2.29. The van der Waals surface area contributed by atoms with Crippen molar-refractivity contribution in [2.45, 2.75) is 25.3 Å². The normalized spacial score (nSPS) is 18.3. The van der Waals surface area contributed by atoms with E-state index in [0.717, 1.165) is 32.9 Å². The van der Waals surface area contributed by atoms with Crippen LogP contribution in [-0.2, 0) is 16.0 Å². The Morgan fingerprint density at radius 3 is 2.77 bits per heavy atom. The van der Waals surface area contributed by atoms with Gasteiger partial charge in [-0.2, -0.15) is 0 Å². The van der Waals surface area contributed by atoms with Crippen LogP contribution in [0.5, 0.6) is 0 Å². The molecule has 152 valence electrons. The highest BCUT2D eigenvalue weighted by Crippen LogP contribution is 2.40. The van der Waals surface area contributed by atoms with E-state index >= 15 is 0 Å². The Bertz CT molecular complexity index is 1420. The van der Waals surface area contributed by atoms with Crippen LogP contribution in [0, 0.1) is 0 Å². The molecular formula is C23H17N5O3. The molecule has 0 spiro atoms. The molecule has 31 heavy (non-hydrogen) atoms. The number of benzene rings is 1. The van der Waals surface area contributed by atoms with E-state index in [0.29, 0.717) is 17.8 Å². The number of carbonyl (C=O) groups excluding carboxylic acids is 3. The third-order valence-electron chi connectivity index (χ3n) is 6.09. The van der Waals surface area contributed by atoms with E-state index in [4.69, 9.17) is 0 Å². The second kappa shape index (κ2) is 6.46. The van der Waals surface area contributed by atoms with Crippen LogP contribution in [0.1, 0.15) is 34.3 Å². The van der Waals surface area contributed by atoms with Crippen molar-refractivity contribution in [1.29, 1.82) is 0 Å². The number of hydrogen-bond acceptors (Lipinski definition) is 5. The summed E-state index contributed by atoms with van der Waals surface area (Å²) in [7, 11) is 0. The van der Waals surface area contributed by atoms with Crippen molar-refractivity contribution in [1.82, 2.24) is 20.3 Å². The number of aromatic amines is 1. The number of H-pyrrole nitrogens is 1. The Hall–Kier alpha value is -4.07. The number of anilines is 1. The Morgan fingerprint density at radius 2 is 1.90 bits per heavy atom. The van der Waals surface area contributed by atoms with Crippen molar-refractivity contribution in [3.63, 3.8) is 0 Å². The fourth-order valence-electron chi connectivity index (χ4n) is 4.64. The third kappa shape index (κ3) is 2.58. The highest BCUT2D eigenvalue weighted by Gasteiger charge is 2.41. The smallest absolute Gasteiger partial charge is 0.260 e. The van der Waals surface area contributed by atoms with Crippen LogP contribution in [0.15, 0.2) is 48.9 Å². The quantitative estimate of drug-likeness (QED) is 0.504. The van der Waals surface area contributed by atoms with Gasteiger partial charge in [0.15, 0.2) is 0 Å². The standard InChI is InChI=1S/C23H17N5O3/c29-18-7-6-17(22(30)27-18)28-21-19-14(3-1-4-16(19)23(28)31)12(11-26-21)9-13-10-25-20-15(13)5-2-8-24-20/h1-5,8,10-11,17H,6-7,9H2,(H,24,25)(H,27,29,30). The van der Waals surface area contributed by atoms with E-state index < -0.39 is 11.9 Å². The van der Waals surface area contributed by atoms with Gasteiger partial charge in [0, 0.05) is 42.2 Å². The molecule has 4 aromatic rings. The Kier molecular flexibility index (Phi) is 3.70. The molecule has 2 aliphatic rings. The molecule has 3 amide bonds. The van der Waals surface area contributed by atoms with Gasteiger partial charge in [-0.05, 0) is 41.1 Å². The topological polar surface area (TPSA) is 108 Å². The molecule has 8 heteroatoms. The number of rotatable bonds is 3. The first kappa shape index (κ1) is 17.8. The predicted octanol–water partition coefficient (Wildman–Crippen LogP) is 2.47. The summed E-state index contributed by atoms with van der Waals surface area (Å²) in [6.07, 6.45) is 6.59. The van der Waals surface area contributed by atoms with E-state index in [1.54, 1.807) is 18.5 Å². The summed E-state index contributed by atoms with van der Waals surface area (Å²) in [5.74, 6) is -0.541. The summed E-state index contributed by atoms with van der Waals surface area (Å²) in [5, 5.41) is 5.07. The lowest BCUT2D eigenvalue weighted by Crippen LogP contribution is -2.53. The van der Waals surface area contributed by atoms with Crippen LogP contribution in [0.4, 0.5) is 5.82 Å². The number of fused-ring (bicyclic) bond motifs is 1. The molecule has 1 fully saturated rings. The average molecular weight is 411 g/mol. The molecule has 1 unspecified atom stereocenters. The van der Waals surface area contributed by atoms with E-state index in [9.17, 15) is 14.4 Å². The maximum atomic E-state index is 13.2. The largest absolute Gasteiger partial charge is 0.346 e. The van der Waals surface area contributed by atoms with Crippen LogP contribution in [0.25, 0.3) is 21.8 Å². The summed E-state index contributed by atoms with van der Waals surface area (Å²) in [5.41, 5.74) is 3.45. The number of carbonyl (C=O) groups is 3. The van der Waals surface area contributed by atoms with Gasteiger partial charge in [-0.25, -0.2) is 9.97 Å². The molecule has 0 saturated carbocycles. The minimum atomic E-state index is -0.737. The zero-order chi connectivity index (χ0) is 21.1. The van der Waals surface area contributed by atoms with Gasteiger partial charge in [0.2, 0.25) is 11.8 Å². The molecule has 3 aromatic heterocycles. The van der Waals surface area contributed by atoms with Gasteiger partial charge >= 0.3 is 0 Å². The van der Waals surface area contributed by atoms with Crippen LogP contribution in [0.3, 0.4) is 0 Å². The van der Waals surface area contributed by atoms with E-state index in [-0.39, 0.29) is 24.7 Å². The number of imide groups is 1. The fourth-order valence-corrected chi connectivity index (χ4v) is 4.64. The summed E-state index contributed by atoms with van der Waals surface area (Å²) in [6.45, 7) is 0. The molecule has 6 rings (SSSR count). The molecule has 1 atom stereocenters. The molecule has 2 N–H and O–H groups in total. The first-order chi connectivity index (χ1) is 15.1. The first-order valence-corrected chi connectivity index (χ1v) is 10.1. The second-order valence-corrected chi connectivity index (χ2v) is 7.87. The predicted molar refractivity (Wildman–Crippen MR) is 114 cm³/mol. The molecule has 1 saturated heterocycles. The molecule has 0 aliphatic carbocycles. The molecule has 8 nitrogen and oxygen atoms in total. The van der Waals surface area contributed by atoms with Gasteiger partial charge in [-0.3, -0.25) is 24.6 Å². The van der Waals surface area contributed by atoms with E-state index in [1.165, 1.54) is 4.90 Å². The van der Waals surface area contributed by atoms with Crippen molar-refractivity contribution in [3.8, 4) is 0 Å². The number of nitrogens with one attached hydrogen (secondary N) is 2. The number of piperidine rings is 1. The van der Waals surface area contributed by atoms with Gasteiger partial charge in [-0.15, -0.1) is 0 Å². The molecule has 0 bridgehead atoms. The number of pyridine rings is 2. The number of aromatic nitrogens is 3. The third-order valence-corrected chi connectivity index (χ3v) is 6.09. The molecular weight excluding hydrogens is 394 g/mol. The Morgan fingerprint density at radius 1 is 1.03 bits per heavy atom. The molecule has 1 aromatic carbocycles. The average Bonchev–Trinajstić information content (AvgIpc) is 3.31.